The maximum atomic E-state index is 13.2. The summed E-state index contributed by atoms with van der Waals surface area (Å²) >= 11 is 0. The van der Waals surface area contributed by atoms with Crippen molar-refractivity contribution >= 4 is 11.8 Å². The molecular weight excluding hydrogens is 324 g/mol. The van der Waals surface area contributed by atoms with Crippen LogP contribution in [0.4, 0.5) is 0 Å². The zero-order chi connectivity index (χ0) is 18.6. The van der Waals surface area contributed by atoms with Gasteiger partial charge in [0.2, 0.25) is 11.8 Å². The molecule has 1 unspecified atom stereocenters. The van der Waals surface area contributed by atoms with Crippen LogP contribution in [0.3, 0.4) is 0 Å². The number of nitrogens with zero attached hydrogens (tertiary/aromatic N) is 2. The number of hydrogen-bond acceptors (Lipinski definition) is 3. The second-order valence-electron chi connectivity index (χ2n) is 7.71. The first-order valence-electron chi connectivity index (χ1n) is 10.3. The van der Waals surface area contributed by atoms with Gasteiger partial charge in [-0.15, -0.1) is 0 Å². The molecule has 0 N–H and O–H groups in total. The molecule has 1 fully saturated rings. The van der Waals surface area contributed by atoms with Gasteiger partial charge in [-0.05, 0) is 62.9 Å². The Morgan fingerprint density at radius 3 is 2.62 bits per heavy atom. The Balaban J connectivity index is 1.60. The van der Waals surface area contributed by atoms with Crippen LogP contribution in [0.5, 0.6) is 0 Å². The van der Waals surface area contributed by atoms with Crippen LogP contribution in [0.25, 0.3) is 0 Å². The van der Waals surface area contributed by atoms with E-state index in [2.05, 4.69) is 30.9 Å². The van der Waals surface area contributed by atoms with Crippen molar-refractivity contribution in [2.24, 2.45) is 0 Å². The lowest BCUT2D eigenvalue weighted by Crippen LogP contribution is -2.41. The van der Waals surface area contributed by atoms with Gasteiger partial charge in [-0.25, -0.2) is 0 Å². The average Bonchev–Trinajstić information content (AvgIpc) is 2.89. The van der Waals surface area contributed by atoms with E-state index in [0.717, 1.165) is 63.7 Å². The zero-order valence-corrected chi connectivity index (χ0v) is 16.3. The first-order valence-corrected chi connectivity index (χ1v) is 10.3. The molecule has 2 amide bonds. The van der Waals surface area contributed by atoms with E-state index >= 15 is 0 Å². The van der Waals surface area contributed by atoms with Crippen LogP contribution >= 0.6 is 0 Å². The number of rotatable bonds is 8. The van der Waals surface area contributed by atoms with E-state index in [1.807, 2.05) is 12.1 Å². The van der Waals surface area contributed by atoms with Gasteiger partial charge in [0, 0.05) is 13.0 Å². The molecule has 1 heterocycles. The lowest BCUT2D eigenvalue weighted by molar-refractivity contribution is -0.140. The number of carbonyl (C=O) groups is 2. The number of unbranched alkanes of at least 4 members (excludes halogenated alkanes) is 2. The highest BCUT2D eigenvalue weighted by atomic mass is 16.2. The molecule has 4 heteroatoms. The molecule has 0 radical (unpaired) electrons. The topological polar surface area (TPSA) is 40.6 Å². The number of carbonyl (C=O) groups excluding carboxylic acids is 2. The molecule has 1 aromatic rings. The number of likely N-dealkylation sites (tertiary alicyclic amines) is 1. The van der Waals surface area contributed by atoms with Crippen LogP contribution in [-0.2, 0) is 21.4 Å². The molecule has 142 valence electrons. The number of aryl methyl sites for hydroxylation is 1. The van der Waals surface area contributed by atoms with Crippen molar-refractivity contribution in [2.45, 2.75) is 64.2 Å². The highest BCUT2D eigenvalue weighted by Gasteiger charge is 2.53. The van der Waals surface area contributed by atoms with Crippen LogP contribution in [0.15, 0.2) is 24.3 Å². The molecule has 0 saturated carbocycles. The third kappa shape index (κ3) is 3.57. The fourth-order valence-electron chi connectivity index (χ4n) is 4.68. The molecule has 2 aliphatic rings. The third-order valence-electron chi connectivity index (χ3n) is 6.24. The number of benzene rings is 1. The largest absolute Gasteiger partial charge is 0.304 e. The van der Waals surface area contributed by atoms with Gasteiger partial charge < -0.3 is 4.90 Å². The number of imide groups is 1. The molecule has 3 rings (SSSR count). The van der Waals surface area contributed by atoms with Gasteiger partial charge in [0.25, 0.3) is 0 Å². The lowest BCUT2D eigenvalue weighted by atomic mass is 9.69. The Labute approximate surface area is 157 Å². The maximum Gasteiger partial charge on any atom is 0.240 e. The summed E-state index contributed by atoms with van der Waals surface area (Å²) in [6.07, 6.45) is 6.30. The molecule has 1 spiro atoms. The average molecular weight is 357 g/mol. The van der Waals surface area contributed by atoms with E-state index in [0.29, 0.717) is 13.0 Å². The van der Waals surface area contributed by atoms with E-state index in [4.69, 9.17) is 0 Å². The van der Waals surface area contributed by atoms with Gasteiger partial charge in [0.1, 0.15) is 0 Å². The summed E-state index contributed by atoms with van der Waals surface area (Å²) in [6, 6.07) is 8.21. The second kappa shape index (κ2) is 8.34. The standard InChI is InChI=1S/C22H32N2O2/c1-3-23(4-2)15-8-5-9-16-24-20(25)17-22(21(24)26)14-10-12-18-11-6-7-13-19(18)22/h6-7,11,13H,3-5,8-10,12,14-17H2,1-2H3. The van der Waals surface area contributed by atoms with Crippen molar-refractivity contribution in [1.29, 1.82) is 0 Å². The van der Waals surface area contributed by atoms with Crippen LogP contribution in [0, 0.1) is 0 Å². The highest BCUT2D eigenvalue weighted by Crippen LogP contribution is 2.45. The van der Waals surface area contributed by atoms with Crippen LogP contribution < -0.4 is 0 Å². The normalized spacial score (nSPS) is 22.5. The molecule has 0 aromatic heterocycles. The van der Waals surface area contributed by atoms with Gasteiger partial charge in [-0.2, -0.15) is 0 Å². The van der Waals surface area contributed by atoms with Crippen LogP contribution in [0.2, 0.25) is 0 Å². The van der Waals surface area contributed by atoms with E-state index in [9.17, 15) is 9.59 Å². The SMILES string of the molecule is CCN(CC)CCCCCN1C(=O)CC2(CCCc3ccccc32)C1=O. The smallest absolute Gasteiger partial charge is 0.240 e. The molecule has 1 aliphatic heterocycles. The van der Waals surface area contributed by atoms with E-state index in [1.54, 1.807) is 4.90 Å². The van der Waals surface area contributed by atoms with E-state index in [1.165, 1.54) is 5.56 Å². The van der Waals surface area contributed by atoms with Crippen molar-refractivity contribution in [3.8, 4) is 0 Å². The van der Waals surface area contributed by atoms with Crippen molar-refractivity contribution in [2.75, 3.05) is 26.2 Å². The minimum absolute atomic E-state index is 0.0236. The molecule has 1 saturated heterocycles. The molecule has 1 atom stereocenters. The van der Waals surface area contributed by atoms with Crippen LogP contribution in [-0.4, -0.2) is 47.8 Å². The number of amides is 2. The Bertz CT molecular complexity index is 653. The van der Waals surface area contributed by atoms with Gasteiger partial charge in [0.15, 0.2) is 0 Å². The quantitative estimate of drug-likeness (QED) is 0.528. The molecule has 4 nitrogen and oxygen atoms in total. The zero-order valence-electron chi connectivity index (χ0n) is 16.3. The van der Waals surface area contributed by atoms with Crippen molar-refractivity contribution in [3.05, 3.63) is 35.4 Å². The highest BCUT2D eigenvalue weighted by molar-refractivity contribution is 6.09. The number of fused-ring (bicyclic) bond motifs is 2. The molecule has 0 bridgehead atoms. The molecule has 1 aromatic carbocycles. The Morgan fingerprint density at radius 2 is 1.85 bits per heavy atom. The maximum absolute atomic E-state index is 13.2. The molecule has 1 aliphatic carbocycles. The lowest BCUT2D eigenvalue weighted by Gasteiger charge is -2.33. The van der Waals surface area contributed by atoms with Crippen molar-refractivity contribution in [3.63, 3.8) is 0 Å². The van der Waals surface area contributed by atoms with E-state index in [-0.39, 0.29) is 11.8 Å². The fourth-order valence-corrected chi connectivity index (χ4v) is 4.68. The third-order valence-corrected chi connectivity index (χ3v) is 6.24. The monoisotopic (exact) mass is 356 g/mol. The first-order chi connectivity index (χ1) is 12.6. The van der Waals surface area contributed by atoms with Gasteiger partial charge >= 0.3 is 0 Å². The van der Waals surface area contributed by atoms with Crippen LogP contribution in [0.1, 0.15) is 63.5 Å². The van der Waals surface area contributed by atoms with Gasteiger partial charge in [-0.3, -0.25) is 14.5 Å². The summed E-state index contributed by atoms with van der Waals surface area (Å²) < 4.78 is 0. The molecule has 26 heavy (non-hydrogen) atoms. The summed E-state index contributed by atoms with van der Waals surface area (Å²) in [5.41, 5.74) is 1.78. The van der Waals surface area contributed by atoms with Gasteiger partial charge in [0.05, 0.1) is 5.41 Å². The summed E-state index contributed by atoms with van der Waals surface area (Å²) in [5, 5.41) is 0. The summed E-state index contributed by atoms with van der Waals surface area (Å²) in [5.74, 6) is 0.0776. The predicted octanol–water partition coefficient (Wildman–Crippen LogP) is 3.53. The minimum atomic E-state index is -0.576. The predicted molar refractivity (Wildman–Crippen MR) is 104 cm³/mol. The molecular formula is C22H32N2O2. The Hall–Kier alpha value is -1.68. The van der Waals surface area contributed by atoms with Crippen molar-refractivity contribution < 1.29 is 9.59 Å². The summed E-state index contributed by atoms with van der Waals surface area (Å²) in [7, 11) is 0. The minimum Gasteiger partial charge on any atom is -0.304 e. The fraction of sp³-hybridized carbons (Fsp3) is 0.636. The summed E-state index contributed by atoms with van der Waals surface area (Å²) in [6.45, 7) is 8.23. The Kier molecular flexibility index (Phi) is 6.13. The first kappa shape index (κ1) is 19.1. The Morgan fingerprint density at radius 1 is 1.08 bits per heavy atom. The van der Waals surface area contributed by atoms with Gasteiger partial charge in [-0.1, -0.05) is 44.5 Å². The summed E-state index contributed by atoms with van der Waals surface area (Å²) in [4.78, 5) is 29.8. The number of hydrogen-bond donors (Lipinski definition) is 0. The van der Waals surface area contributed by atoms with E-state index < -0.39 is 5.41 Å². The van der Waals surface area contributed by atoms with Crippen molar-refractivity contribution in [1.82, 2.24) is 9.80 Å². The second-order valence-corrected chi connectivity index (χ2v) is 7.71.